The van der Waals surface area contributed by atoms with Gasteiger partial charge in [-0.15, -0.1) is 0 Å². The van der Waals surface area contributed by atoms with E-state index in [1.165, 1.54) is 5.56 Å². The molecule has 0 spiro atoms. The Morgan fingerprint density at radius 1 is 1.00 bits per heavy atom. The van der Waals surface area contributed by atoms with Gasteiger partial charge < -0.3 is 19.2 Å². The molecule has 0 saturated heterocycles. The fourth-order valence-electron chi connectivity index (χ4n) is 2.10. The first kappa shape index (κ1) is 16.7. The topological polar surface area (TPSA) is 43.6 Å². The Morgan fingerprint density at radius 2 is 1.82 bits per heavy atom. The van der Waals surface area contributed by atoms with Crippen molar-refractivity contribution in [1.29, 1.82) is 0 Å². The zero-order valence-electron chi connectivity index (χ0n) is 13.4. The Labute approximate surface area is 132 Å². The molecule has 2 aromatic rings. The Hall–Kier alpha value is -1.62. The summed E-state index contributed by atoms with van der Waals surface area (Å²) in [6.07, 6.45) is 0.981. The molecule has 0 aliphatic rings. The fourth-order valence-corrected chi connectivity index (χ4v) is 2.10. The summed E-state index contributed by atoms with van der Waals surface area (Å²) in [5, 5.41) is 3.36. The molecule has 120 valence electrons. The Bertz CT molecular complexity index is 534. The van der Waals surface area contributed by atoms with Crippen LogP contribution in [-0.2, 0) is 16.0 Å². The molecule has 22 heavy (non-hydrogen) atoms. The van der Waals surface area contributed by atoms with Crippen molar-refractivity contribution in [2.75, 3.05) is 33.5 Å². The third kappa shape index (κ3) is 5.64. The quantitative estimate of drug-likeness (QED) is 0.683. The first-order valence-corrected chi connectivity index (χ1v) is 7.73. The molecule has 0 bridgehead atoms. The standard InChI is InChI=1S/C18H25NO3/c1-15-4-6-16(7-5-15)18-9-8-17(22-18)14-19-10-3-11-21-13-12-20-2/h4-9,19H,3,10-14H2,1-2H3. The Morgan fingerprint density at radius 3 is 2.59 bits per heavy atom. The molecule has 0 atom stereocenters. The van der Waals surface area contributed by atoms with Crippen LogP contribution in [0.5, 0.6) is 0 Å². The van der Waals surface area contributed by atoms with E-state index in [-0.39, 0.29) is 0 Å². The van der Waals surface area contributed by atoms with Gasteiger partial charge >= 0.3 is 0 Å². The van der Waals surface area contributed by atoms with Crippen molar-refractivity contribution in [2.24, 2.45) is 0 Å². The lowest BCUT2D eigenvalue weighted by molar-refractivity contribution is 0.0694. The molecule has 1 heterocycles. The van der Waals surface area contributed by atoms with E-state index in [9.17, 15) is 0 Å². The summed E-state index contributed by atoms with van der Waals surface area (Å²) >= 11 is 0. The molecule has 0 radical (unpaired) electrons. The lowest BCUT2D eigenvalue weighted by Gasteiger charge is -2.04. The molecule has 0 amide bonds. The lowest BCUT2D eigenvalue weighted by Crippen LogP contribution is -2.16. The lowest BCUT2D eigenvalue weighted by atomic mass is 10.1. The van der Waals surface area contributed by atoms with Crippen molar-refractivity contribution in [3.63, 3.8) is 0 Å². The highest BCUT2D eigenvalue weighted by Crippen LogP contribution is 2.22. The van der Waals surface area contributed by atoms with Gasteiger partial charge in [-0.3, -0.25) is 0 Å². The molecule has 1 aromatic carbocycles. The van der Waals surface area contributed by atoms with Gasteiger partial charge in [0, 0.05) is 19.3 Å². The van der Waals surface area contributed by atoms with E-state index >= 15 is 0 Å². The van der Waals surface area contributed by atoms with Crippen molar-refractivity contribution >= 4 is 0 Å². The van der Waals surface area contributed by atoms with Crippen LogP contribution >= 0.6 is 0 Å². The number of nitrogens with one attached hydrogen (secondary N) is 1. The average molecular weight is 303 g/mol. The molecule has 0 saturated carbocycles. The SMILES string of the molecule is COCCOCCCNCc1ccc(-c2ccc(C)cc2)o1. The van der Waals surface area contributed by atoms with Gasteiger partial charge in [0.25, 0.3) is 0 Å². The molecule has 0 aliphatic carbocycles. The minimum atomic E-state index is 0.654. The van der Waals surface area contributed by atoms with Gasteiger partial charge in [-0.2, -0.15) is 0 Å². The van der Waals surface area contributed by atoms with Gasteiger partial charge in [0.05, 0.1) is 19.8 Å². The van der Waals surface area contributed by atoms with E-state index in [1.54, 1.807) is 7.11 Å². The number of benzene rings is 1. The van der Waals surface area contributed by atoms with Gasteiger partial charge in [0.1, 0.15) is 11.5 Å². The maximum atomic E-state index is 5.86. The number of hydrogen-bond acceptors (Lipinski definition) is 4. The van der Waals surface area contributed by atoms with Gasteiger partial charge in [-0.05, 0) is 32.0 Å². The van der Waals surface area contributed by atoms with Crippen LogP contribution in [0, 0.1) is 6.92 Å². The number of rotatable bonds is 10. The third-order valence-corrected chi connectivity index (χ3v) is 3.37. The van der Waals surface area contributed by atoms with E-state index in [4.69, 9.17) is 13.9 Å². The van der Waals surface area contributed by atoms with Crippen LogP contribution in [0.3, 0.4) is 0 Å². The summed E-state index contributed by atoms with van der Waals surface area (Å²) in [7, 11) is 1.68. The van der Waals surface area contributed by atoms with E-state index in [1.807, 2.05) is 12.1 Å². The third-order valence-electron chi connectivity index (χ3n) is 3.37. The largest absolute Gasteiger partial charge is 0.460 e. The van der Waals surface area contributed by atoms with Crippen LogP contribution in [0.25, 0.3) is 11.3 Å². The van der Waals surface area contributed by atoms with Gasteiger partial charge in [0.15, 0.2) is 0 Å². The second-order valence-electron chi connectivity index (χ2n) is 5.27. The molecule has 4 heteroatoms. The zero-order valence-corrected chi connectivity index (χ0v) is 13.4. The summed E-state index contributed by atoms with van der Waals surface area (Å²) in [6.45, 7) is 5.80. The highest BCUT2D eigenvalue weighted by Gasteiger charge is 2.04. The minimum Gasteiger partial charge on any atom is -0.460 e. The van der Waals surface area contributed by atoms with E-state index in [0.29, 0.717) is 13.2 Å². The number of hydrogen-bond donors (Lipinski definition) is 1. The molecule has 2 rings (SSSR count). The number of ether oxygens (including phenoxy) is 2. The first-order valence-electron chi connectivity index (χ1n) is 7.73. The van der Waals surface area contributed by atoms with Gasteiger partial charge in [0.2, 0.25) is 0 Å². The molecular weight excluding hydrogens is 278 g/mol. The van der Waals surface area contributed by atoms with Crippen molar-refractivity contribution in [1.82, 2.24) is 5.32 Å². The zero-order chi connectivity index (χ0) is 15.6. The smallest absolute Gasteiger partial charge is 0.134 e. The number of methoxy groups -OCH3 is 1. The summed E-state index contributed by atoms with van der Waals surface area (Å²) in [4.78, 5) is 0. The van der Waals surface area contributed by atoms with Crippen molar-refractivity contribution < 1.29 is 13.9 Å². The predicted molar refractivity (Wildman–Crippen MR) is 87.9 cm³/mol. The van der Waals surface area contributed by atoms with Gasteiger partial charge in [-0.1, -0.05) is 29.8 Å². The van der Waals surface area contributed by atoms with Gasteiger partial charge in [-0.25, -0.2) is 0 Å². The predicted octanol–water partition coefficient (Wildman–Crippen LogP) is 3.40. The van der Waals surface area contributed by atoms with Crippen molar-refractivity contribution in [3.8, 4) is 11.3 Å². The van der Waals surface area contributed by atoms with Crippen LogP contribution in [0.1, 0.15) is 17.7 Å². The maximum absolute atomic E-state index is 5.86. The number of aryl methyl sites for hydroxylation is 1. The average Bonchev–Trinajstić information content (AvgIpc) is 2.99. The summed E-state index contributed by atoms with van der Waals surface area (Å²) in [5.74, 6) is 1.87. The second kappa shape index (κ2) is 9.41. The van der Waals surface area contributed by atoms with Crippen molar-refractivity contribution in [3.05, 3.63) is 47.7 Å². The monoisotopic (exact) mass is 303 g/mol. The molecule has 4 nitrogen and oxygen atoms in total. The number of furan rings is 1. The van der Waals surface area contributed by atoms with Crippen LogP contribution < -0.4 is 5.32 Å². The second-order valence-corrected chi connectivity index (χ2v) is 5.27. The summed E-state index contributed by atoms with van der Waals surface area (Å²) < 4.78 is 16.2. The molecule has 1 N–H and O–H groups in total. The summed E-state index contributed by atoms with van der Waals surface area (Å²) in [5.41, 5.74) is 2.37. The van der Waals surface area contributed by atoms with Crippen LogP contribution in [0.2, 0.25) is 0 Å². The molecule has 0 unspecified atom stereocenters. The van der Waals surface area contributed by atoms with E-state index in [2.05, 4.69) is 36.5 Å². The van der Waals surface area contributed by atoms with E-state index in [0.717, 1.165) is 43.2 Å². The Balaban J connectivity index is 1.66. The van der Waals surface area contributed by atoms with Crippen molar-refractivity contribution in [2.45, 2.75) is 19.9 Å². The molecular formula is C18H25NO3. The van der Waals surface area contributed by atoms with Crippen LogP contribution in [0.15, 0.2) is 40.8 Å². The van der Waals surface area contributed by atoms with Crippen LogP contribution in [0.4, 0.5) is 0 Å². The van der Waals surface area contributed by atoms with E-state index < -0.39 is 0 Å². The fraction of sp³-hybridized carbons (Fsp3) is 0.444. The molecule has 0 aliphatic heterocycles. The minimum absolute atomic E-state index is 0.654. The first-order chi connectivity index (χ1) is 10.8. The molecule has 1 aromatic heterocycles. The van der Waals surface area contributed by atoms with Crippen LogP contribution in [-0.4, -0.2) is 33.5 Å². The maximum Gasteiger partial charge on any atom is 0.134 e. The highest BCUT2D eigenvalue weighted by atomic mass is 16.5. The summed E-state index contributed by atoms with van der Waals surface area (Å²) in [6, 6.07) is 12.4. The normalized spacial score (nSPS) is 11.0. The molecule has 0 fully saturated rings. The highest BCUT2D eigenvalue weighted by molar-refractivity contribution is 5.57. The Kier molecular flexibility index (Phi) is 7.16.